The maximum Gasteiger partial charge on any atom is 0.0547 e. The molecule has 3 heteroatoms. The number of fused-ring (bicyclic) bond motifs is 1. The highest BCUT2D eigenvalue weighted by molar-refractivity contribution is 7.99. The lowest BCUT2D eigenvalue weighted by Gasteiger charge is -2.24. The van der Waals surface area contributed by atoms with Crippen molar-refractivity contribution in [3.63, 3.8) is 0 Å². The molecular weight excluding hydrogens is 276 g/mol. The summed E-state index contributed by atoms with van der Waals surface area (Å²) in [6.45, 7) is 7.43. The molecule has 0 N–H and O–H groups in total. The molecule has 21 heavy (non-hydrogen) atoms. The van der Waals surface area contributed by atoms with E-state index >= 15 is 0 Å². The van der Waals surface area contributed by atoms with Crippen LogP contribution in [0.25, 0.3) is 0 Å². The van der Waals surface area contributed by atoms with Gasteiger partial charge in [0.15, 0.2) is 0 Å². The van der Waals surface area contributed by atoms with Crippen molar-refractivity contribution in [2.75, 3.05) is 18.8 Å². The molecule has 0 bridgehead atoms. The predicted octanol–water partition coefficient (Wildman–Crippen LogP) is 4.10. The standard InChI is InChI=1S/C18H22N2S/c1-3-20(12-16-8-6-7-14(2)19-16)11-15-13-21-18-10-5-4-9-17(15)18/h4-10,15H,3,11-13H2,1-2H3. The van der Waals surface area contributed by atoms with Gasteiger partial charge in [0.25, 0.3) is 0 Å². The first kappa shape index (κ1) is 14.6. The molecule has 0 spiro atoms. The second-order valence-electron chi connectivity index (χ2n) is 5.64. The Morgan fingerprint density at radius 2 is 2.05 bits per heavy atom. The van der Waals surface area contributed by atoms with Gasteiger partial charge in [-0.15, -0.1) is 11.8 Å². The predicted molar refractivity (Wildman–Crippen MR) is 89.8 cm³/mol. The molecule has 1 atom stereocenters. The number of nitrogens with zero attached hydrogens (tertiary/aromatic N) is 2. The van der Waals surface area contributed by atoms with Crippen LogP contribution in [-0.2, 0) is 6.54 Å². The molecule has 1 aliphatic rings. The fourth-order valence-corrected chi connectivity index (χ4v) is 4.16. The number of likely N-dealkylation sites (N-methyl/N-ethyl adjacent to an activating group) is 1. The lowest BCUT2D eigenvalue weighted by atomic mass is 10.0. The van der Waals surface area contributed by atoms with Gasteiger partial charge >= 0.3 is 0 Å². The van der Waals surface area contributed by atoms with Crippen molar-refractivity contribution < 1.29 is 0 Å². The normalized spacial score (nSPS) is 17.2. The van der Waals surface area contributed by atoms with E-state index in [1.54, 1.807) is 0 Å². The molecule has 0 saturated carbocycles. The summed E-state index contributed by atoms with van der Waals surface area (Å²) in [5.41, 5.74) is 3.80. The maximum atomic E-state index is 4.63. The van der Waals surface area contributed by atoms with Crippen molar-refractivity contribution in [1.82, 2.24) is 9.88 Å². The van der Waals surface area contributed by atoms with Crippen LogP contribution in [0.1, 0.15) is 29.8 Å². The summed E-state index contributed by atoms with van der Waals surface area (Å²) in [6.07, 6.45) is 0. The van der Waals surface area contributed by atoms with Gasteiger partial charge in [-0.3, -0.25) is 9.88 Å². The third-order valence-corrected chi connectivity index (χ3v) is 5.31. The quantitative estimate of drug-likeness (QED) is 0.826. The Bertz CT molecular complexity index is 612. The molecule has 1 aromatic carbocycles. The number of thioether (sulfide) groups is 1. The molecule has 1 unspecified atom stereocenters. The maximum absolute atomic E-state index is 4.63. The smallest absolute Gasteiger partial charge is 0.0547 e. The van der Waals surface area contributed by atoms with Gasteiger partial charge in [0, 0.05) is 35.3 Å². The van der Waals surface area contributed by atoms with Crippen LogP contribution in [-0.4, -0.2) is 28.7 Å². The Labute approximate surface area is 131 Å². The van der Waals surface area contributed by atoms with Crippen LogP contribution in [0, 0.1) is 6.92 Å². The Morgan fingerprint density at radius 1 is 1.19 bits per heavy atom. The summed E-state index contributed by atoms with van der Waals surface area (Å²) in [5.74, 6) is 1.85. The molecular formula is C18H22N2S. The molecule has 0 fully saturated rings. The second-order valence-corrected chi connectivity index (χ2v) is 6.71. The van der Waals surface area contributed by atoms with Crippen LogP contribution in [0.5, 0.6) is 0 Å². The lowest BCUT2D eigenvalue weighted by Crippen LogP contribution is -2.28. The zero-order chi connectivity index (χ0) is 14.7. The van der Waals surface area contributed by atoms with Gasteiger partial charge in [-0.05, 0) is 37.2 Å². The van der Waals surface area contributed by atoms with E-state index < -0.39 is 0 Å². The van der Waals surface area contributed by atoms with Crippen LogP contribution >= 0.6 is 11.8 Å². The van der Waals surface area contributed by atoms with Gasteiger partial charge in [-0.1, -0.05) is 31.2 Å². The fourth-order valence-electron chi connectivity index (χ4n) is 2.91. The summed E-state index contributed by atoms with van der Waals surface area (Å²) >= 11 is 1.99. The molecule has 2 aromatic rings. The topological polar surface area (TPSA) is 16.1 Å². The Morgan fingerprint density at radius 3 is 2.86 bits per heavy atom. The van der Waals surface area contributed by atoms with Crippen LogP contribution in [0.2, 0.25) is 0 Å². The first-order chi connectivity index (χ1) is 10.3. The van der Waals surface area contributed by atoms with E-state index in [4.69, 9.17) is 0 Å². The summed E-state index contributed by atoms with van der Waals surface area (Å²) in [5, 5.41) is 0. The number of aryl methyl sites for hydroxylation is 1. The van der Waals surface area contributed by atoms with E-state index in [1.807, 2.05) is 11.8 Å². The highest BCUT2D eigenvalue weighted by Crippen LogP contribution is 2.39. The molecule has 0 saturated heterocycles. The monoisotopic (exact) mass is 298 g/mol. The number of benzene rings is 1. The van der Waals surface area contributed by atoms with E-state index in [-0.39, 0.29) is 0 Å². The minimum absolute atomic E-state index is 0.649. The van der Waals surface area contributed by atoms with Gasteiger partial charge in [0.2, 0.25) is 0 Å². The molecule has 0 radical (unpaired) electrons. The summed E-state index contributed by atoms with van der Waals surface area (Å²) in [7, 11) is 0. The van der Waals surface area contributed by atoms with Gasteiger partial charge in [0.05, 0.1) is 5.69 Å². The lowest BCUT2D eigenvalue weighted by molar-refractivity contribution is 0.264. The average molecular weight is 298 g/mol. The zero-order valence-electron chi connectivity index (χ0n) is 12.7. The fraction of sp³-hybridized carbons (Fsp3) is 0.389. The highest BCUT2D eigenvalue weighted by atomic mass is 32.2. The van der Waals surface area contributed by atoms with E-state index in [1.165, 1.54) is 21.9 Å². The third kappa shape index (κ3) is 3.47. The van der Waals surface area contributed by atoms with Crippen molar-refractivity contribution in [2.24, 2.45) is 0 Å². The van der Waals surface area contributed by atoms with Gasteiger partial charge in [0.1, 0.15) is 0 Å². The van der Waals surface area contributed by atoms with Crippen molar-refractivity contribution in [2.45, 2.75) is 31.2 Å². The number of hydrogen-bond donors (Lipinski definition) is 0. The molecule has 2 heterocycles. The SMILES string of the molecule is CCN(Cc1cccc(C)n1)CC1CSc2ccccc21. The van der Waals surface area contributed by atoms with Crippen molar-refractivity contribution in [3.05, 3.63) is 59.4 Å². The summed E-state index contributed by atoms with van der Waals surface area (Å²) in [4.78, 5) is 8.61. The molecule has 1 aliphatic heterocycles. The van der Waals surface area contributed by atoms with E-state index in [0.29, 0.717) is 5.92 Å². The summed E-state index contributed by atoms with van der Waals surface area (Å²) < 4.78 is 0. The van der Waals surface area contributed by atoms with E-state index in [2.05, 4.69) is 66.2 Å². The van der Waals surface area contributed by atoms with Crippen LogP contribution in [0.4, 0.5) is 0 Å². The molecule has 0 aliphatic carbocycles. The van der Waals surface area contributed by atoms with Crippen molar-refractivity contribution in [3.8, 4) is 0 Å². The average Bonchev–Trinajstić information content (AvgIpc) is 2.90. The molecule has 0 amide bonds. The Hall–Kier alpha value is -1.32. The number of rotatable bonds is 5. The number of hydrogen-bond acceptors (Lipinski definition) is 3. The molecule has 3 rings (SSSR count). The van der Waals surface area contributed by atoms with Crippen LogP contribution < -0.4 is 0 Å². The first-order valence-electron chi connectivity index (χ1n) is 7.63. The Balaban J connectivity index is 1.68. The van der Waals surface area contributed by atoms with Gasteiger partial charge in [-0.25, -0.2) is 0 Å². The molecule has 2 nitrogen and oxygen atoms in total. The summed E-state index contributed by atoms with van der Waals surface area (Å²) in [6, 6.07) is 15.1. The Kier molecular flexibility index (Phi) is 4.61. The van der Waals surface area contributed by atoms with E-state index in [0.717, 1.165) is 25.3 Å². The second kappa shape index (κ2) is 6.63. The number of pyridine rings is 1. The number of aromatic nitrogens is 1. The zero-order valence-corrected chi connectivity index (χ0v) is 13.6. The van der Waals surface area contributed by atoms with Crippen molar-refractivity contribution >= 4 is 11.8 Å². The van der Waals surface area contributed by atoms with E-state index in [9.17, 15) is 0 Å². The van der Waals surface area contributed by atoms with Crippen molar-refractivity contribution in [1.29, 1.82) is 0 Å². The molecule has 110 valence electrons. The van der Waals surface area contributed by atoms with Gasteiger partial charge < -0.3 is 0 Å². The molecule has 1 aromatic heterocycles. The third-order valence-electron chi connectivity index (χ3n) is 4.06. The van der Waals surface area contributed by atoms with Crippen LogP contribution in [0.15, 0.2) is 47.4 Å². The first-order valence-corrected chi connectivity index (χ1v) is 8.61. The van der Waals surface area contributed by atoms with Gasteiger partial charge in [-0.2, -0.15) is 0 Å². The largest absolute Gasteiger partial charge is 0.297 e. The minimum Gasteiger partial charge on any atom is -0.297 e. The van der Waals surface area contributed by atoms with Crippen LogP contribution in [0.3, 0.4) is 0 Å². The highest BCUT2D eigenvalue weighted by Gasteiger charge is 2.24. The minimum atomic E-state index is 0.649.